The van der Waals surface area contributed by atoms with Crippen LogP contribution in [0.25, 0.3) is 44.5 Å². The van der Waals surface area contributed by atoms with E-state index in [1.54, 1.807) is 0 Å². The van der Waals surface area contributed by atoms with E-state index < -0.39 is 0 Å². The Morgan fingerprint density at radius 2 is 0.727 bits per heavy atom. The summed E-state index contributed by atoms with van der Waals surface area (Å²) in [5, 5.41) is 0. The second-order valence-corrected chi connectivity index (χ2v) is 8.76. The van der Waals surface area contributed by atoms with Crippen molar-refractivity contribution in [2.75, 3.05) is 0 Å². The lowest BCUT2D eigenvalue weighted by molar-refractivity contribution is 1.33. The van der Waals surface area contributed by atoms with Crippen LogP contribution >= 0.6 is 0 Å². The number of hydrogen-bond acceptors (Lipinski definition) is 0. The van der Waals surface area contributed by atoms with E-state index in [1.807, 2.05) is 0 Å². The molecule has 0 aliphatic carbocycles. The highest BCUT2D eigenvalue weighted by molar-refractivity contribution is 5.87. The topological polar surface area (TPSA) is 0 Å². The van der Waals surface area contributed by atoms with Crippen molar-refractivity contribution in [1.29, 1.82) is 0 Å². The van der Waals surface area contributed by atoms with Crippen LogP contribution in [0.5, 0.6) is 0 Å². The second-order valence-electron chi connectivity index (χ2n) is 8.76. The van der Waals surface area contributed by atoms with E-state index in [1.165, 1.54) is 61.2 Å². The van der Waals surface area contributed by atoms with Gasteiger partial charge in [0.2, 0.25) is 0 Å². The molecule has 0 fully saturated rings. The predicted octanol–water partition coefficient (Wildman–Crippen LogP) is 9.28. The fraction of sp³-hybridized carbons (Fsp3) is 0.0909. The third-order valence-electron chi connectivity index (χ3n) is 6.66. The largest absolute Gasteiger partial charge is 0.0622 e. The average Bonchev–Trinajstić information content (AvgIpc) is 2.87. The van der Waals surface area contributed by atoms with Crippen molar-refractivity contribution >= 4 is 0 Å². The Morgan fingerprint density at radius 3 is 1.24 bits per heavy atom. The van der Waals surface area contributed by atoms with Gasteiger partial charge in [0, 0.05) is 0 Å². The van der Waals surface area contributed by atoms with Crippen LogP contribution in [0.15, 0.2) is 115 Å². The number of benzene rings is 5. The van der Waals surface area contributed by atoms with Crippen molar-refractivity contribution in [2.24, 2.45) is 0 Å². The Labute approximate surface area is 197 Å². The van der Waals surface area contributed by atoms with Crippen LogP contribution in [-0.4, -0.2) is 0 Å². The van der Waals surface area contributed by atoms with Crippen LogP contribution in [-0.2, 0) is 0 Å². The van der Waals surface area contributed by atoms with Gasteiger partial charge in [0.1, 0.15) is 0 Å². The van der Waals surface area contributed by atoms with Gasteiger partial charge in [-0.05, 0) is 100 Å². The standard InChI is InChI=1S/C33H28/c1-23-19-29(26-13-7-4-8-14-26)21-32(24(23)2)33-22-30(27-15-9-5-10-16-27)20-31(25(33)3)28-17-11-6-12-18-28/h4-22H,1-3H3. The molecule has 0 saturated heterocycles. The molecular formula is C33H28. The third kappa shape index (κ3) is 4.13. The number of hydrogen-bond donors (Lipinski definition) is 0. The molecular weight excluding hydrogens is 396 g/mol. The first-order valence-electron chi connectivity index (χ1n) is 11.5. The fourth-order valence-corrected chi connectivity index (χ4v) is 4.65. The Kier molecular flexibility index (Phi) is 5.67. The molecule has 0 atom stereocenters. The van der Waals surface area contributed by atoms with Crippen LogP contribution in [0, 0.1) is 20.8 Å². The van der Waals surface area contributed by atoms with Crippen molar-refractivity contribution in [2.45, 2.75) is 20.8 Å². The predicted molar refractivity (Wildman–Crippen MR) is 142 cm³/mol. The van der Waals surface area contributed by atoms with E-state index in [0.29, 0.717) is 0 Å². The van der Waals surface area contributed by atoms with Gasteiger partial charge in [-0.1, -0.05) is 97.1 Å². The van der Waals surface area contributed by atoms with Crippen LogP contribution in [0.1, 0.15) is 16.7 Å². The zero-order valence-electron chi connectivity index (χ0n) is 19.5. The first-order chi connectivity index (χ1) is 16.1. The first kappa shape index (κ1) is 21.0. The van der Waals surface area contributed by atoms with Gasteiger partial charge in [-0.15, -0.1) is 0 Å². The van der Waals surface area contributed by atoms with Crippen molar-refractivity contribution in [3.8, 4) is 44.5 Å². The Morgan fingerprint density at radius 1 is 0.333 bits per heavy atom. The van der Waals surface area contributed by atoms with Crippen LogP contribution < -0.4 is 0 Å². The van der Waals surface area contributed by atoms with Crippen molar-refractivity contribution in [3.63, 3.8) is 0 Å². The minimum atomic E-state index is 1.24. The molecule has 5 aromatic carbocycles. The van der Waals surface area contributed by atoms with E-state index in [2.05, 4.69) is 136 Å². The molecule has 160 valence electrons. The molecule has 0 heterocycles. The summed E-state index contributed by atoms with van der Waals surface area (Å²) in [6.07, 6.45) is 0. The lowest BCUT2D eigenvalue weighted by atomic mass is 9.85. The normalized spacial score (nSPS) is 10.9. The summed E-state index contributed by atoms with van der Waals surface area (Å²) in [5.41, 5.74) is 14.1. The summed E-state index contributed by atoms with van der Waals surface area (Å²) >= 11 is 0. The monoisotopic (exact) mass is 424 g/mol. The van der Waals surface area contributed by atoms with Gasteiger partial charge in [0.05, 0.1) is 0 Å². The van der Waals surface area contributed by atoms with Crippen molar-refractivity contribution in [1.82, 2.24) is 0 Å². The van der Waals surface area contributed by atoms with Gasteiger partial charge in [0.25, 0.3) is 0 Å². The van der Waals surface area contributed by atoms with Crippen molar-refractivity contribution < 1.29 is 0 Å². The Bertz CT molecular complexity index is 1400. The Hall–Kier alpha value is -3.90. The zero-order chi connectivity index (χ0) is 22.8. The molecule has 0 unspecified atom stereocenters. The lowest BCUT2D eigenvalue weighted by Crippen LogP contribution is -1.95. The molecule has 0 bridgehead atoms. The number of rotatable bonds is 4. The van der Waals surface area contributed by atoms with E-state index in [-0.39, 0.29) is 0 Å². The van der Waals surface area contributed by atoms with Crippen LogP contribution in [0.4, 0.5) is 0 Å². The van der Waals surface area contributed by atoms with E-state index >= 15 is 0 Å². The highest BCUT2D eigenvalue weighted by Crippen LogP contribution is 2.40. The molecule has 33 heavy (non-hydrogen) atoms. The van der Waals surface area contributed by atoms with Gasteiger partial charge in [-0.3, -0.25) is 0 Å². The summed E-state index contributed by atoms with van der Waals surface area (Å²) in [7, 11) is 0. The van der Waals surface area contributed by atoms with Gasteiger partial charge in [-0.25, -0.2) is 0 Å². The molecule has 0 amide bonds. The minimum absolute atomic E-state index is 1.24. The Balaban J connectivity index is 1.79. The highest BCUT2D eigenvalue weighted by atomic mass is 14.2. The van der Waals surface area contributed by atoms with Gasteiger partial charge >= 0.3 is 0 Å². The molecule has 0 nitrogen and oxygen atoms in total. The summed E-state index contributed by atoms with van der Waals surface area (Å²) in [6.45, 7) is 6.73. The first-order valence-corrected chi connectivity index (χ1v) is 11.5. The quantitative estimate of drug-likeness (QED) is 0.270. The van der Waals surface area contributed by atoms with Crippen molar-refractivity contribution in [3.05, 3.63) is 132 Å². The summed E-state index contributed by atoms with van der Waals surface area (Å²) in [5.74, 6) is 0. The molecule has 0 heteroatoms. The van der Waals surface area contributed by atoms with Gasteiger partial charge in [0.15, 0.2) is 0 Å². The molecule has 0 aromatic heterocycles. The molecule has 0 radical (unpaired) electrons. The molecule has 5 aromatic rings. The third-order valence-corrected chi connectivity index (χ3v) is 6.66. The highest BCUT2D eigenvalue weighted by Gasteiger charge is 2.15. The maximum absolute atomic E-state index is 2.37. The number of aryl methyl sites for hydroxylation is 1. The molecule has 0 N–H and O–H groups in total. The maximum Gasteiger partial charge on any atom is -0.0139 e. The molecule has 0 aliphatic heterocycles. The molecule has 5 rings (SSSR count). The molecule has 0 saturated carbocycles. The van der Waals surface area contributed by atoms with Crippen LogP contribution in [0.2, 0.25) is 0 Å². The molecule has 0 spiro atoms. The minimum Gasteiger partial charge on any atom is -0.0622 e. The average molecular weight is 425 g/mol. The fourth-order valence-electron chi connectivity index (χ4n) is 4.65. The lowest BCUT2D eigenvalue weighted by Gasteiger charge is -2.19. The second kappa shape index (κ2) is 8.92. The summed E-state index contributed by atoms with van der Waals surface area (Å²) in [6, 6.07) is 41.5. The maximum atomic E-state index is 2.37. The van der Waals surface area contributed by atoms with E-state index in [4.69, 9.17) is 0 Å². The summed E-state index contributed by atoms with van der Waals surface area (Å²) in [4.78, 5) is 0. The zero-order valence-corrected chi connectivity index (χ0v) is 19.5. The van der Waals surface area contributed by atoms with Gasteiger partial charge < -0.3 is 0 Å². The van der Waals surface area contributed by atoms with Crippen LogP contribution in [0.3, 0.4) is 0 Å². The molecule has 0 aliphatic rings. The summed E-state index contributed by atoms with van der Waals surface area (Å²) < 4.78 is 0. The SMILES string of the molecule is Cc1cc(-c2ccccc2)cc(-c2cc(-c3ccccc3)cc(-c3ccccc3)c2C)c1C. The van der Waals surface area contributed by atoms with E-state index in [9.17, 15) is 0 Å². The van der Waals surface area contributed by atoms with Gasteiger partial charge in [-0.2, -0.15) is 0 Å². The van der Waals surface area contributed by atoms with E-state index in [0.717, 1.165) is 0 Å². The smallest absolute Gasteiger partial charge is 0.0139 e.